The highest BCUT2D eigenvalue weighted by Crippen LogP contribution is 2.26. The number of methoxy groups -OCH3 is 1. The number of hydrogen-bond donors (Lipinski definition) is 0. The molecule has 17 heavy (non-hydrogen) atoms. The van der Waals surface area contributed by atoms with Crippen molar-refractivity contribution < 1.29 is 9.53 Å². The van der Waals surface area contributed by atoms with Crippen LogP contribution in [0.4, 0.5) is 0 Å². The summed E-state index contributed by atoms with van der Waals surface area (Å²) in [5, 5.41) is 8.73. The first-order valence-corrected chi connectivity index (χ1v) is 5.61. The molecule has 0 bridgehead atoms. The molecule has 0 aliphatic heterocycles. The van der Waals surface area contributed by atoms with Gasteiger partial charge in [-0.3, -0.25) is 4.98 Å². The van der Waals surface area contributed by atoms with E-state index in [0.717, 1.165) is 10.6 Å². The first kappa shape index (κ1) is 11.3. The van der Waals surface area contributed by atoms with Crippen LogP contribution in [0.25, 0.3) is 10.6 Å². The Morgan fingerprint density at radius 1 is 1.41 bits per heavy atom. The van der Waals surface area contributed by atoms with Gasteiger partial charge in [0.1, 0.15) is 10.9 Å². The largest absolute Gasteiger partial charge is 0.465 e. The molecule has 2 aromatic rings. The van der Waals surface area contributed by atoms with Crippen molar-refractivity contribution in [2.75, 3.05) is 7.11 Å². The number of pyridine rings is 1. The Kier molecular flexibility index (Phi) is 3.17. The minimum absolute atomic E-state index is 0.409. The Labute approximate surface area is 102 Å². The van der Waals surface area contributed by atoms with Crippen molar-refractivity contribution in [2.24, 2.45) is 0 Å². The zero-order chi connectivity index (χ0) is 12.3. The van der Waals surface area contributed by atoms with Gasteiger partial charge in [-0.15, -0.1) is 11.3 Å². The topological polar surface area (TPSA) is 63.0 Å². The van der Waals surface area contributed by atoms with Crippen LogP contribution in [0, 0.1) is 11.3 Å². The number of carbonyl (C=O) groups is 1. The van der Waals surface area contributed by atoms with Crippen LogP contribution < -0.4 is 0 Å². The van der Waals surface area contributed by atoms with E-state index in [1.54, 1.807) is 18.2 Å². The van der Waals surface area contributed by atoms with Crippen LogP contribution >= 0.6 is 11.3 Å². The van der Waals surface area contributed by atoms with E-state index in [0.29, 0.717) is 10.4 Å². The summed E-state index contributed by atoms with van der Waals surface area (Å²) in [6, 6.07) is 9.04. The van der Waals surface area contributed by atoms with E-state index in [-0.39, 0.29) is 0 Å². The molecule has 2 heterocycles. The lowest BCUT2D eigenvalue weighted by molar-refractivity contribution is 0.0600. The Morgan fingerprint density at radius 3 is 2.76 bits per heavy atom. The molecule has 0 spiro atoms. The third-order valence-corrected chi connectivity index (χ3v) is 3.17. The van der Waals surface area contributed by atoms with Crippen molar-refractivity contribution in [2.45, 2.75) is 0 Å². The summed E-state index contributed by atoms with van der Waals surface area (Å²) in [6.45, 7) is 0. The lowest BCUT2D eigenvalue weighted by Gasteiger charge is -1.99. The van der Waals surface area contributed by atoms with Crippen molar-refractivity contribution >= 4 is 17.3 Å². The molecule has 0 saturated carbocycles. The fourth-order valence-corrected chi connectivity index (χ4v) is 2.09. The highest BCUT2D eigenvalue weighted by Gasteiger charge is 2.07. The van der Waals surface area contributed by atoms with Crippen molar-refractivity contribution in [1.29, 1.82) is 5.26 Å². The Hall–Kier alpha value is -2.19. The second-order valence-corrected chi connectivity index (χ2v) is 4.28. The van der Waals surface area contributed by atoms with E-state index in [4.69, 9.17) is 5.26 Å². The molecule has 0 radical (unpaired) electrons. The normalized spacial score (nSPS) is 9.65. The molecular formula is C12H8N2O2S. The lowest BCUT2D eigenvalue weighted by Crippen LogP contribution is -2.01. The maximum atomic E-state index is 11.2. The number of thiophene rings is 1. The number of nitrogens with zero attached hydrogens (tertiary/aromatic N) is 2. The lowest BCUT2D eigenvalue weighted by atomic mass is 10.2. The zero-order valence-electron chi connectivity index (χ0n) is 9.01. The second-order valence-electron chi connectivity index (χ2n) is 3.20. The molecule has 2 aromatic heterocycles. The van der Waals surface area contributed by atoms with Gasteiger partial charge in [-0.05, 0) is 24.3 Å². The van der Waals surface area contributed by atoms with Gasteiger partial charge >= 0.3 is 5.97 Å². The quantitative estimate of drug-likeness (QED) is 0.761. The molecule has 5 heteroatoms. The van der Waals surface area contributed by atoms with Gasteiger partial charge in [-0.1, -0.05) is 0 Å². The summed E-state index contributed by atoms with van der Waals surface area (Å²) in [4.78, 5) is 16.9. The molecule has 84 valence electrons. The maximum absolute atomic E-state index is 11.2. The van der Waals surface area contributed by atoms with Crippen LogP contribution in [0.5, 0.6) is 0 Å². The highest BCUT2D eigenvalue weighted by atomic mass is 32.1. The fourth-order valence-electron chi connectivity index (χ4n) is 1.31. The average Bonchev–Trinajstić information content (AvgIpc) is 2.87. The van der Waals surface area contributed by atoms with Gasteiger partial charge in [0.2, 0.25) is 0 Å². The third-order valence-electron chi connectivity index (χ3n) is 2.15. The molecular weight excluding hydrogens is 236 g/mol. The van der Waals surface area contributed by atoms with Gasteiger partial charge in [-0.2, -0.15) is 5.26 Å². The SMILES string of the molecule is COC(=O)c1ccc(-c2ccc(C#N)s2)nc1. The van der Waals surface area contributed by atoms with Crippen LogP contribution in [-0.4, -0.2) is 18.1 Å². The van der Waals surface area contributed by atoms with Gasteiger partial charge in [0.15, 0.2) is 0 Å². The molecule has 0 atom stereocenters. The fraction of sp³-hybridized carbons (Fsp3) is 0.0833. The number of rotatable bonds is 2. The average molecular weight is 244 g/mol. The first-order valence-electron chi connectivity index (χ1n) is 4.79. The van der Waals surface area contributed by atoms with Gasteiger partial charge in [0.05, 0.1) is 23.2 Å². The van der Waals surface area contributed by atoms with Crippen LogP contribution in [0.3, 0.4) is 0 Å². The van der Waals surface area contributed by atoms with E-state index < -0.39 is 5.97 Å². The van der Waals surface area contributed by atoms with Crippen molar-refractivity contribution in [3.63, 3.8) is 0 Å². The highest BCUT2D eigenvalue weighted by molar-refractivity contribution is 7.15. The molecule has 2 rings (SSSR count). The molecule has 0 unspecified atom stereocenters. The number of aromatic nitrogens is 1. The predicted molar refractivity (Wildman–Crippen MR) is 63.6 cm³/mol. The number of nitriles is 1. The summed E-state index contributed by atoms with van der Waals surface area (Å²) in [5.74, 6) is -0.409. The van der Waals surface area contributed by atoms with Gasteiger partial charge in [0.25, 0.3) is 0 Å². The number of hydrogen-bond acceptors (Lipinski definition) is 5. The summed E-state index contributed by atoms with van der Waals surface area (Å²) in [5.41, 5.74) is 1.15. The van der Waals surface area contributed by atoms with E-state index in [9.17, 15) is 4.79 Å². The second kappa shape index (κ2) is 4.76. The third kappa shape index (κ3) is 2.32. The Balaban J connectivity index is 2.29. The van der Waals surface area contributed by atoms with E-state index >= 15 is 0 Å². The van der Waals surface area contributed by atoms with Crippen LogP contribution in [-0.2, 0) is 4.74 Å². The van der Waals surface area contributed by atoms with Crippen LogP contribution in [0.1, 0.15) is 15.2 Å². The Morgan fingerprint density at radius 2 is 2.24 bits per heavy atom. The monoisotopic (exact) mass is 244 g/mol. The summed E-state index contributed by atoms with van der Waals surface area (Å²) in [6.07, 6.45) is 1.47. The maximum Gasteiger partial charge on any atom is 0.339 e. The standard InChI is InChI=1S/C12H8N2O2S/c1-16-12(15)8-2-4-10(14-7-8)11-5-3-9(6-13)17-11/h2-5,7H,1H3. The molecule has 0 aliphatic rings. The van der Waals surface area contributed by atoms with Crippen molar-refractivity contribution in [3.8, 4) is 16.6 Å². The molecule has 0 aliphatic carbocycles. The van der Waals surface area contributed by atoms with Crippen LogP contribution in [0.15, 0.2) is 30.5 Å². The first-order chi connectivity index (χ1) is 8.24. The minimum atomic E-state index is -0.409. The summed E-state index contributed by atoms with van der Waals surface area (Å²) < 4.78 is 4.58. The van der Waals surface area contributed by atoms with E-state index in [2.05, 4.69) is 15.8 Å². The van der Waals surface area contributed by atoms with Gasteiger partial charge in [-0.25, -0.2) is 4.79 Å². The zero-order valence-corrected chi connectivity index (χ0v) is 9.82. The summed E-state index contributed by atoms with van der Waals surface area (Å²) >= 11 is 1.37. The molecule has 4 nitrogen and oxygen atoms in total. The molecule has 0 saturated heterocycles. The van der Waals surface area contributed by atoms with Gasteiger partial charge < -0.3 is 4.74 Å². The molecule has 0 N–H and O–H groups in total. The van der Waals surface area contributed by atoms with Crippen LogP contribution in [0.2, 0.25) is 0 Å². The van der Waals surface area contributed by atoms with Crippen molar-refractivity contribution in [1.82, 2.24) is 4.98 Å². The summed E-state index contributed by atoms with van der Waals surface area (Å²) in [7, 11) is 1.33. The Bertz CT molecular complexity index is 581. The minimum Gasteiger partial charge on any atom is -0.465 e. The molecule has 0 amide bonds. The predicted octanol–water partition coefficient (Wildman–Crippen LogP) is 2.47. The smallest absolute Gasteiger partial charge is 0.339 e. The van der Waals surface area contributed by atoms with Crippen molar-refractivity contribution in [3.05, 3.63) is 40.9 Å². The van der Waals surface area contributed by atoms with E-state index in [1.807, 2.05) is 6.07 Å². The number of ether oxygens (including phenoxy) is 1. The number of esters is 1. The number of carbonyl (C=O) groups excluding carboxylic acids is 1. The van der Waals surface area contributed by atoms with Gasteiger partial charge in [0, 0.05) is 6.20 Å². The molecule has 0 aromatic carbocycles. The molecule has 0 fully saturated rings. The van der Waals surface area contributed by atoms with E-state index in [1.165, 1.54) is 24.6 Å².